The van der Waals surface area contributed by atoms with Crippen LogP contribution in [-0.2, 0) is 4.74 Å². The standard InChI is InChI=1S/C12H13ClN4O2/c13-11-9(16-5-4-14-8-16)7-15-17(12(11)18)10-3-1-2-6-19-10/h4-5,7-8,10H,1-3,6H2. The summed E-state index contributed by atoms with van der Waals surface area (Å²) in [6.07, 6.45) is 8.98. The Labute approximate surface area is 114 Å². The fourth-order valence-electron chi connectivity index (χ4n) is 2.14. The van der Waals surface area contributed by atoms with Crippen LogP contribution in [0.4, 0.5) is 0 Å². The molecular weight excluding hydrogens is 268 g/mol. The van der Waals surface area contributed by atoms with Crippen molar-refractivity contribution in [2.45, 2.75) is 25.5 Å². The molecule has 0 aromatic carbocycles. The van der Waals surface area contributed by atoms with Crippen LogP contribution in [0.15, 0.2) is 29.7 Å². The first-order valence-corrected chi connectivity index (χ1v) is 6.52. The van der Waals surface area contributed by atoms with E-state index in [-0.39, 0.29) is 16.8 Å². The molecule has 0 saturated carbocycles. The van der Waals surface area contributed by atoms with Crippen molar-refractivity contribution in [2.24, 2.45) is 0 Å². The molecule has 0 radical (unpaired) electrons. The summed E-state index contributed by atoms with van der Waals surface area (Å²) < 4.78 is 8.53. The Kier molecular flexibility index (Phi) is 3.35. The van der Waals surface area contributed by atoms with E-state index in [9.17, 15) is 4.79 Å². The highest BCUT2D eigenvalue weighted by atomic mass is 35.5. The van der Waals surface area contributed by atoms with Crippen molar-refractivity contribution >= 4 is 11.6 Å². The molecule has 1 atom stereocenters. The van der Waals surface area contributed by atoms with Crippen molar-refractivity contribution in [3.63, 3.8) is 0 Å². The van der Waals surface area contributed by atoms with Crippen molar-refractivity contribution < 1.29 is 4.74 Å². The van der Waals surface area contributed by atoms with E-state index in [1.807, 2.05) is 0 Å². The van der Waals surface area contributed by atoms with E-state index in [0.29, 0.717) is 12.3 Å². The van der Waals surface area contributed by atoms with Crippen LogP contribution in [0, 0.1) is 0 Å². The predicted octanol–water partition coefficient (Wildman–Crippen LogP) is 1.78. The highest BCUT2D eigenvalue weighted by Crippen LogP contribution is 2.22. The summed E-state index contributed by atoms with van der Waals surface area (Å²) in [6.45, 7) is 0.652. The second kappa shape index (κ2) is 5.14. The molecule has 19 heavy (non-hydrogen) atoms. The number of halogens is 1. The number of imidazole rings is 1. The molecule has 1 saturated heterocycles. The van der Waals surface area contributed by atoms with E-state index in [1.54, 1.807) is 29.5 Å². The molecule has 1 aliphatic heterocycles. The second-order valence-electron chi connectivity index (χ2n) is 4.38. The van der Waals surface area contributed by atoms with E-state index in [4.69, 9.17) is 16.3 Å². The highest BCUT2D eigenvalue weighted by molar-refractivity contribution is 6.32. The Morgan fingerprint density at radius 1 is 1.42 bits per heavy atom. The number of nitrogens with zero attached hydrogens (tertiary/aromatic N) is 4. The number of hydrogen-bond acceptors (Lipinski definition) is 4. The third kappa shape index (κ3) is 2.29. The zero-order valence-corrected chi connectivity index (χ0v) is 11.0. The van der Waals surface area contributed by atoms with E-state index < -0.39 is 0 Å². The molecule has 2 aromatic rings. The van der Waals surface area contributed by atoms with Crippen LogP contribution in [0.1, 0.15) is 25.5 Å². The minimum absolute atomic E-state index is 0.127. The first-order chi connectivity index (χ1) is 9.27. The summed E-state index contributed by atoms with van der Waals surface area (Å²) >= 11 is 6.13. The van der Waals surface area contributed by atoms with Crippen molar-refractivity contribution in [3.05, 3.63) is 40.3 Å². The van der Waals surface area contributed by atoms with Gasteiger partial charge in [0.25, 0.3) is 5.56 Å². The molecule has 0 N–H and O–H groups in total. The molecule has 3 rings (SSSR count). The number of hydrogen-bond donors (Lipinski definition) is 0. The Bertz CT molecular complexity index is 617. The molecule has 1 unspecified atom stereocenters. The van der Waals surface area contributed by atoms with Gasteiger partial charge >= 0.3 is 0 Å². The summed E-state index contributed by atoms with van der Waals surface area (Å²) in [7, 11) is 0. The lowest BCUT2D eigenvalue weighted by atomic mass is 10.2. The molecule has 0 spiro atoms. The third-order valence-electron chi connectivity index (χ3n) is 3.14. The molecule has 7 heteroatoms. The third-order valence-corrected chi connectivity index (χ3v) is 3.49. The highest BCUT2D eigenvalue weighted by Gasteiger charge is 2.20. The minimum atomic E-state index is -0.334. The second-order valence-corrected chi connectivity index (χ2v) is 4.76. The lowest BCUT2D eigenvalue weighted by Gasteiger charge is -2.23. The first-order valence-electron chi connectivity index (χ1n) is 6.14. The molecule has 0 aliphatic carbocycles. The van der Waals surface area contributed by atoms with Crippen molar-refractivity contribution in [2.75, 3.05) is 6.61 Å². The Hall–Kier alpha value is -1.66. The van der Waals surface area contributed by atoms with Gasteiger partial charge in [0.2, 0.25) is 0 Å². The fourth-order valence-corrected chi connectivity index (χ4v) is 2.37. The molecule has 100 valence electrons. The van der Waals surface area contributed by atoms with Crippen LogP contribution < -0.4 is 5.56 Å². The molecule has 6 nitrogen and oxygen atoms in total. The Balaban J connectivity index is 2.01. The maximum absolute atomic E-state index is 12.2. The van der Waals surface area contributed by atoms with Gasteiger partial charge < -0.3 is 9.30 Å². The number of aromatic nitrogens is 4. The maximum Gasteiger partial charge on any atom is 0.290 e. The van der Waals surface area contributed by atoms with Gasteiger partial charge in [-0.15, -0.1) is 0 Å². The van der Waals surface area contributed by atoms with Gasteiger partial charge in [-0.05, 0) is 19.3 Å². The molecule has 2 aromatic heterocycles. The molecular formula is C12H13ClN4O2. The minimum Gasteiger partial charge on any atom is -0.356 e. The summed E-state index contributed by atoms with van der Waals surface area (Å²) in [5.74, 6) is 0. The number of rotatable bonds is 2. The van der Waals surface area contributed by atoms with Crippen molar-refractivity contribution in [1.82, 2.24) is 19.3 Å². The van der Waals surface area contributed by atoms with Crippen molar-refractivity contribution in [3.8, 4) is 5.69 Å². The predicted molar refractivity (Wildman–Crippen MR) is 69.5 cm³/mol. The van der Waals surface area contributed by atoms with Crippen LogP contribution in [0.2, 0.25) is 5.02 Å². The summed E-state index contributed by atoms with van der Waals surface area (Å²) in [4.78, 5) is 16.2. The average Bonchev–Trinajstić information content (AvgIpc) is 2.97. The molecule has 3 heterocycles. The van der Waals surface area contributed by atoms with E-state index in [0.717, 1.165) is 19.3 Å². The van der Waals surface area contributed by atoms with Gasteiger partial charge in [0.1, 0.15) is 5.02 Å². The largest absolute Gasteiger partial charge is 0.356 e. The normalized spacial score (nSPS) is 19.5. The van der Waals surface area contributed by atoms with Crippen LogP contribution in [0.3, 0.4) is 0 Å². The van der Waals surface area contributed by atoms with Crippen LogP contribution in [-0.4, -0.2) is 25.9 Å². The van der Waals surface area contributed by atoms with E-state index in [1.165, 1.54) is 4.68 Å². The molecule has 0 bridgehead atoms. The van der Waals surface area contributed by atoms with Crippen LogP contribution >= 0.6 is 11.6 Å². The SMILES string of the molecule is O=c1c(Cl)c(-n2ccnc2)cnn1C1CCCCO1. The summed E-state index contributed by atoms with van der Waals surface area (Å²) in [5.41, 5.74) is 0.191. The number of ether oxygens (including phenoxy) is 1. The van der Waals surface area contributed by atoms with Gasteiger partial charge in [0.15, 0.2) is 6.23 Å². The van der Waals surface area contributed by atoms with E-state index in [2.05, 4.69) is 10.1 Å². The monoisotopic (exact) mass is 280 g/mol. The summed E-state index contributed by atoms with van der Waals surface area (Å²) in [6, 6.07) is 0. The fraction of sp³-hybridized carbons (Fsp3) is 0.417. The molecule has 0 amide bonds. The van der Waals surface area contributed by atoms with Crippen LogP contribution in [0.25, 0.3) is 5.69 Å². The maximum atomic E-state index is 12.2. The Morgan fingerprint density at radius 2 is 2.32 bits per heavy atom. The summed E-state index contributed by atoms with van der Waals surface area (Å²) in [5, 5.41) is 4.29. The lowest BCUT2D eigenvalue weighted by Crippen LogP contribution is -2.31. The first kappa shape index (κ1) is 12.4. The zero-order chi connectivity index (χ0) is 13.2. The van der Waals surface area contributed by atoms with Gasteiger partial charge in [0, 0.05) is 19.0 Å². The van der Waals surface area contributed by atoms with E-state index >= 15 is 0 Å². The van der Waals surface area contributed by atoms with Gasteiger partial charge in [-0.3, -0.25) is 4.79 Å². The lowest BCUT2D eigenvalue weighted by molar-refractivity contribution is -0.0424. The topological polar surface area (TPSA) is 61.9 Å². The van der Waals surface area contributed by atoms with Gasteiger partial charge in [-0.1, -0.05) is 11.6 Å². The van der Waals surface area contributed by atoms with Gasteiger partial charge in [-0.2, -0.15) is 9.78 Å². The van der Waals surface area contributed by atoms with Gasteiger partial charge in [-0.25, -0.2) is 4.98 Å². The van der Waals surface area contributed by atoms with Crippen LogP contribution in [0.5, 0.6) is 0 Å². The quantitative estimate of drug-likeness (QED) is 0.841. The zero-order valence-electron chi connectivity index (χ0n) is 10.2. The van der Waals surface area contributed by atoms with Gasteiger partial charge in [0.05, 0.1) is 18.2 Å². The average molecular weight is 281 g/mol. The molecule has 1 aliphatic rings. The van der Waals surface area contributed by atoms with Crippen molar-refractivity contribution in [1.29, 1.82) is 0 Å². The smallest absolute Gasteiger partial charge is 0.290 e. The molecule has 1 fully saturated rings. The Morgan fingerprint density at radius 3 is 3.00 bits per heavy atom.